The van der Waals surface area contributed by atoms with E-state index in [-0.39, 0.29) is 5.69 Å². The Kier molecular flexibility index (Phi) is 6.19. The molecule has 0 spiro atoms. The normalized spacial score (nSPS) is 11.3. The molecule has 0 aliphatic rings. The van der Waals surface area contributed by atoms with Gasteiger partial charge in [0.05, 0.1) is 16.6 Å². The molecule has 0 aliphatic heterocycles. The van der Waals surface area contributed by atoms with Crippen molar-refractivity contribution in [3.63, 3.8) is 0 Å². The Balaban J connectivity index is 1.52. The van der Waals surface area contributed by atoms with Gasteiger partial charge < -0.3 is 14.8 Å². The fourth-order valence-electron chi connectivity index (χ4n) is 4.42. The van der Waals surface area contributed by atoms with Gasteiger partial charge in [0.2, 0.25) is 0 Å². The minimum atomic E-state index is -0.998. The van der Waals surface area contributed by atoms with Gasteiger partial charge >= 0.3 is 5.97 Å². The van der Waals surface area contributed by atoms with Crippen molar-refractivity contribution in [2.75, 3.05) is 6.61 Å². The van der Waals surface area contributed by atoms with Crippen LogP contribution in [0.1, 0.15) is 21.6 Å². The average Bonchev–Trinajstić information content (AvgIpc) is 3.19. The standard InChI is InChI=1S/C28H21Br2NO3/c1-16-6-2-3-7-18(16)21-11-10-17(24-25(30)27(28(32)33)31-26(21)24)14-15-34-23-13-12-22(29)19-8-4-5-9-20(19)23/h2-13,31H,14-15H2,1H3,(H,32,33). The third kappa shape index (κ3) is 4.01. The van der Waals surface area contributed by atoms with E-state index in [1.54, 1.807) is 0 Å². The highest BCUT2D eigenvalue weighted by molar-refractivity contribution is 9.11. The van der Waals surface area contributed by atoms with Crippen molar-refractivity contribution < 1.29 is 14.6 Å². The molecule has 0 aliphatic carbocycles. The van der Waals surface area contributed by atoms with Gasteiger partial charge in [0.25, 0.3) is 0 Å². The molecule has 4 aromatic carbocycles. The average molecular weight is 579 g/mol. The first-order chi connectivity index (χ1) is 16.5. The van der Waals surface area contributed by atoms with Gasteiger partial charge in [-0.15, -0.1) is 0 Å². The molecule has 0 bridgehead atoms. The summed E-state index contributed by atoms with van der Waals surface area (Å²) < 4.78 is 7.79. The molecule has 1 heterocycles. The topological polar surface area (TPSA) is 62.3 Å². The molecule has 4 nitrogen and oxygen atoms in total. The maximum atomic E-state index is 11.9. The van der Waals surface area contributed by atoms with Crippen LogP contribution in [0.3, 0.4) is 0 Å². The van der Waals surface area contributed by atoms with Gasteiger partial charge in [-0.25, -0.2) is 4.79 Å². The van der Waals surface area contributed by atoms with Crippen LogP contribution in [0, 0.1) is 6.92 Å². The number of ether oxygens (including phenoxy) is 1. The molecular weight excluding hydrogens is 558 g/mol. The SMILES string of the molecule is Cc1ccccc1-c1ccc(CCOc2ccc(Br)c3ccccc23)c2c(Br)c(C(=O)O)[nH]c12. The summed E-state index contributed by atoms with van der Waals surface area (Å²) in [6.07, 6.45) is 0.629. The number of aromatic carboxylic acids is 1. The molecule has 34 heavy (non-hydrogen) atoms. The quantitative estimate of drug-likeness (QED) is 0.214. The van der Waals surface area contributed by atoms with Crippen LogP contribution in [0.15, 0.2) is 81.7 Å². The third-order valence-electron chi connectivity index (χ3n) is 6.09. The lowest BCUT2D eigenvalue weighted by molar-refractivity contribution is 0.0690. The molecule has 170 valence electrons. The minimum absolute atomic E-state index is 0.150. The second-order valence-electron chi connectivity index (χ2n) is 8.15. The number of nitrogens with one attached hydrogen (secondary N) is 1. The number of halogens is 2. The van der Waals surface area contributed by atoms with Gasteiger partial charge in [-0.05, 0) is 57.1 Å². The maximum absolute atomic E-state index is 11.9. The van der Waals surface area contributed by atoms with E-state index in [0.29, 0.717) is 17.5 Å². The number of fused-ring (bicyclic) bond motifs is 2. The minimum Gasteiger partial charge on any atom is -0.493 e. The Morgan fingerprint density at radius 3 is 2.41 bits per heavy atom. The van der Waals surface area contributed by atoms with Crippen molar-refractivity contribution in [1.29, 1.82) is 0 Å². The first-order valence-corrected chi connectivity index (χ1v) is 12.5. The van der Waals surface area contributed by atoms with E-state index in [2.05, 4.69) is 74.1 Å². The highest BCUT2D eigenvalue weighted by Gasteiger charge is 2.21. The van der Waals surface area contributed by atoms with E-state index in [1.807, 2.05) is 42.5 Å². The molecule has 0 atom stereocenters. The van der Waals surface area contributed by atoms with Gasteiger partial charge in [-0.3, -0.25) is 0 Å². The zero-order valence-corrected chi connectivity index (χ0v) is 21.5. The summed E-state index contributed by atoms with van der Waals surface area (Å²) in [6.45, 7) is 2.52. The summed E-state index contributed by atoms with van der Waals surface area (Å²) in [4.78, 5) is 15.0. The number of aromatic nitrogens is 1. The highest BCUT2D eigenvalue weighted by Crippen LogP contribution is 2.38. The maximum Gasteiger partial charge on any atom is 0.353 e. The van der Waals surface area contributed by atoms with Crippen LogP contribution in [-0.4, -0.2) is 22.7 Å². The molecule has 6 heteroatoms. The molecule has 2 N–H and O–H groups in total. The number of rotatable bonds is 6. The van der Waals surface area contributed by atoms with Gasteiger partial charge in [-0.1, -0.05) is 76.6 Å². The van der Waals surface area contributed by atoms with E-state index >= 15 is 0 Å². The van der Waals surface area contributed by atoms with Gasteiger partial charge in [0, 0.05) is 27.2 Å². The summed E-state index contributed by atoms with van der Waals surface area (Å²) in [7, 11) is 0. The molecule has 0 unspecified atom stereocenters. The summed E-state index contributed by atoms with van der Waals surface area (Å²) >= 11 is 7.15. The number of H-pyrrole nitrogens is 1. The second kappa shape index (κ2) is 9.28. The number of carboxylic acid groups (broad SMARTS) is 1. The highest BCUT2D eigenvalue weighted by atomic mass is 79.9. The lowest BCUT2D eigenvalue weighted by Gasteiger charge is -2.13. The van der Waals surface area contributed by atoms with Crippen LogP contribution < -0.4 is 4.74 Å². The van der Waals surface area contributed by atoms with Gasteiger partial charge in [0.1, 0.15) is 11.4 Å². The Morgan fingerprint density at radius 2 is 1.65 bits per heavy atom. The zero-order valence-electron chi connectivity index (χ0n) is 18.4. The molecule has 5 rings (SSSR count). The van der Waals surface area contributed by atoms with E-state index in [1.165, 1.54) is 0 Å². The molecule has 0 fully saturated rings. The monoisotopic (exact) mass is 577 g/mol. The zero-order chi connectivity index (χ0) is 23.8. The van der Waals surface area contributed by atoms with E-state index in [9.17, 15) is 9.90 Å². The number of aryl methyl sites for hydroxylation is 1. The molecule has 0 saturated carbocycles. The first-order valence-electron chi connectivity index (χ1n) is 10.9. The van der Waals surface area contributed by atoms with Crippen LogP contribution in [0.5, 0.6) is 5.75 Å². The number of hydrogen-bond acceptors (Lipinski definition) is 2. The number of aromatic amines is 1. The number of carbonyl (C=O) groups is 1. The van der Waals surface area contributed by atoms with Crippen molar-refractivity contribution in [1.82, 2.24) is 4.98 Å². The predicted molar refractivity (Wildman–Crippen MR) is 144 cm³/mol. The number of benzene rings is 4. The van der Waals surface area contributed by atoms with Crippen LogP contribution in [-0.2, 0) is 6.42 Å². The van der Waals surface area contributed by atoms with Crippen LogP contribution in [0.4, 0.5) is 0 Å². The fraction of sp³-hybridized carbons (Fsp3) is 0.107. The molecule has 1 aromatic heterocycles. The number of hydrogen-bond donors (Lipinski definition) is 2. The van der Waals surface area contributed by atoms with Crippen molar-refractivity contribution in [2.45, 2.75) is 13.3 Å². The summed E-state index contributed by atoms with van der Waals surface area (Å²) in [5.41, 5.74) is 5.16. The fourth-order valence-corrected chi connectivity index (χ4v) is 5.62. The lowest BCUT2D eigenvalue weighted by Crippen LogP contribution is -2.02. The molecule has 0 amide bonds. The summed E-state index contributed by atoms with van der Waals surface area (Å²) in [6, 6.07) is 24.3. The van der Waals surface area contributed by atoms with Crippen LogP contribution in [0.2, 0.25) is 0 Å². The first kappa shape index (κ1) is 22.7. The van der Waals surface area contributed by atoms with Gasteiger partial charge in [0.15, 0.2) is 0 Å². The van der Waals surface area contributed by atoms with Crippen molar-refractivity contribution in [3.05, 3.63) is 98.6 Å². The Hall–Kier alpha value is -3.09. The predicted octanol–water partition coefficient (Wildman–Crippen LogP) is 8.14. The van der Waals surface area contributed by atoms with E-state index in [0.717, 1.165) is 54.2 Å². The van der Waals surface area contributed by atoms with Crippen LogP contribution in [0.25, 0.3) is 32.8 Å². The molecule has 0 radical (unpaired) electrons. The molecule has 5 aromatic rings. The molecular formula is C28H21Br2NO3. The lowest BCUT2D eigenvalue weighted by atomic mass is 9.96. The largest absolute Gasteiger partial charge is 0.493 e. The smallest absolute Gasteiger partial charge is 0.353 e. The van der Waals surface area contributed by atoms with Crippen molar-refractivity contribution in [2.24, 2.45) is 0 Å². The Labute approximate surface area is 213 Å². The summed E-state index contributed by atoms with van der Waals surface area (Å²) in [5.74, 6) is -0.173. The van der Waals surface area contributed by atoms with Crippen molar-refractivity contribution in [3.8, 4) is 16.9 Å². The van der Waals surface area contributed by atoms with Crippen molar-refractivity contribution >= 4 is 59.5 Å². The second-order valence-corrected chi connectivity index (χ2v) is 9.79. The number of carboxylic acids is 1. The van der Waals surface area contributed by atoms with E-state index < -0.39 is 5.97 Å². The van der Waals surface area contributed by atoms with E-state index in [4.69, 9.17) is 4.74 Å². The third-order valence-corrected chi connectivity index (χ3v) is 7.57. The summed E-state index contributed by atoms with van der Waals surface area (Å²) in [5, 5.41) is 12.8. The Morgan fingerprint density at radius 1 is 0.912 bits per heavy atom. The molecule has 0 saturated heterocycles. The Bertz CT molecular complexity index is 1550. The van der Waals surface area contributed by atoms with Gasteiger partial charge in [-0.2, -0.15) is 0 Å². The van der Waals surface area contributed by atoms with Crippen LogP contribution >= 0.6 is 31.9 Å².